The van der Waals surface area contributed by atoms with Crippen LogP contribution < -0.4 is 5.32 Å². The van der Waals surface area contributed by atoms with Gasteiger partial charge in [0.15, 0.2) is 0 Å². The molecule has 1 N–H and O–H groups in total. The second kappa shape index (κ2) is 5.43. The van der Waals surface area contributed by atoms with E-state index in [1.807, 2.05) is 0 Å². The quantitative estimate of drug-likeness (QED) is 0.906. The Kier molecular flexibility index (Phi) is 3.61. The van der Waals surface area contributed by atoms with E-state index in [0.717, 1.165) is 12.0 Å². The summed E-state index contributed by atoms with van der Waals surface area (Å²) in [6.07, 6.45) is 6.79. The van der Waals surface area contributed by atoms with Crippen LogP contribution in [0.15, 0.2) is 22.7 Å². The molecule has 0 spiro atoms. The zero-order chi connectivity index (χ0) is 13.5. The molecule has 2 nitrogen and oxygen atoms in total. The van der Waals surface area contributed by atoms with Crippen molar-refractivity contribution < 1.29 is 0 Å². The normalized spacial score (nSPS) is 29.9. The van der Waals surface area contributed by atoms with Gasteiger partial charge in [-0.1, -0.05) is 22.0 Å². The molecular formula is C17H23BrN2. The summed E-state index contributed by atoms with van der Waals surface area (Å²) in [5.41, 5.74) is 3.06. The molecule has 1 heterocycles. The second-order valence-corrected chi connectivity index (χ2v) is 7.64. The first kappa shape index (κ1) is 13.3. The van der Waals surface area contributed by atoms with Crippen LogP contribution in [0, 0.1) is 5.92 Å². The van der Waals surface area contributed by atoms with Gasteiger partial charge < -0.3 is 10.2 Å². The molecule has 0 amide bonds. The van der Waals surface area contributed by atoms with Gasteiger partial charge >= 0.3 is 0 Å². The maximum absolute atomic E-state index is 3.84. The maximum atomic E-state index is 3.84. The fourth-order valence-electron chi connectivity index (χ4n) is 3.91. The molecule has 1 aromatic carbocycles. The van der Waals surface area contributed by atoms with Gasteiger partial charge in [-0.15, -0.1) is 0 Å². The Hall–Kier alpha value is -0.380. The standard InChI is InChI=1S/C17H23BrN2/c18-14-2-5-16-13(9-14)1-6-17(16)19-10-12-7-8-20(11-12)15-3-4-15/h2,5,9,12,15,17,19H,1,3-4,6-8,10-11H2. The molecule has 0 bridgehead atoms. The molecule has 2 aliphatic carbocycles. The molecule has 2 unspecified atom stereocenters. The van der Waals surface area contributed by atoms with E-state index in [-0.39, 0.29) is 0 Å². The highest BCUT2D eigenvalue weighted by Gasteiger charge is 2.34. The minimum absolute atomic E-state index is 0.591. The topological polar surface area (TPSA) is 15.3 Å². The fourth-order valence-corrected chi connectivity index (χ4v) is 4.32. The smallest absolute Gasteiger partial charge is 0.0326 e. The predicted octanol–water partition coefficient (Wildman–Crippen LogP) is 3.51. The summed E-state index contributed by atoms with van der Waals surface area (Å²) in [7, 11) is 0. The van der Waals surface area contributed by atoms with E-state index >= 15 is 0 Å². The Morgan fingerprint density at radius 2 is 2.10 bits per heavy atom. The Bertz CT molecular complexity index is 498. The predicted molar refractivity (Wildman–Crippen MR) is 85.9 cm³/mol. The molecule has 1 aromatic rings. The number of halogens is 1. The first-order valence-electron chi connectivity index (χ1n) is 8.05. The Labute approximate surface area is 130 Å². The number of nitrogens with one attached hydrogen (secondary N) is 1. The van der Waals surface area contributed by atoms with Crippen LogP contribution in [0.1, 0.15) is 42.9 Å². The molecule has 108 valence electrons. The first-order chi connectivity index (χ1) is 9.79. The molecule has 4 rings (SSSR count). The average Bonchev–Trinajstić information content (AvgIpc) is 3.06. The van der Waals surface area contributed by atoms with E-state index in [2.05, 4.69) is 44.3 Å². The van der Waals surface area contributed by atoms with Crippen molar-refractivity contribution in [2.24, 2.45) is 5.92 Å². The summed E-state index contributed by atoms with van der Waals surface area (Å²) in [5.74, 6) is 0.870. The Morgan fingerprint density at radius 3 is 2.95 bits per heavy atom. The molecule has 1 aliphatic heterocycles. The second-order valence-electron chi connectivity index (χ2n) is 6.72. The van der Waals surface area contributed by atoms with Gasteiger partial charge in [0.25, 0.3) is 0 Å². The lowest BCUT2D eigenvalue weighted by Gasteiger charge is -2.18. The summed E-state index contributed by atoms with van der Waals surface area (Å²) in [6, 6.07) is 8.32. The summed E-state index contributed by atoms with van der Waals surface area (Å²) < 4.78 is 1.22. The molecule has 1 saturated carbocycles. The molecular weight excluding hydrogens is 312 g/mol. The number of rotatable bonds is 4. The summed E-state index contributed by atoms with van der Waals surface area (Å²) in [5, 5.41) is 3.84. The van der Waals surface area contributed by atoms with Crippen molar-refractivity contribution in [2.45, 2.75) is 44.2 Å². The SMILES string of the molecule is Brc1ccc2c(c1)CCC2NCC1CCN(C2CC2)C1. The van der Waals surface area contributed by atoms with Crippen molar-refractivity contribution in [3.8, 4) is 0 Å². The highest BCUT2D eigenvalue weighted by atomic mass is 79.9. The number of nitrogens with zero attached hydrogens (tertiary/aromatic N) is 1. The van der Waals surface area contributed by atoms with Crippen LogP contribution in [0.2, 0.25) is 0 Å². The number of likely N-dealkylation sites (tertiary alicyclic amines) is 1. The number of hydrogen-bond acceptors (Lipinski definition) is 2. The van der Waals surface area contributed by atoms with Crippen LogP contribution in [0.25, 0.3) is 0 Å². The van der Waals surface area contributed by atoms with E-state index in [1.165, 1.54) is 67.3 Å². The van der Waals surface area contributed by atoms with Crippen LogP contribution in [-0.2, 0) is 6.42 Å². The van der Waals surface area contributed by atoms with Crippen LogP contribution in [0.5, 0.6) is 0 Å². The Morgan fingerprint density at radius 1 is 1.20 bits per heavy atom. The number of benzene rings is 1. The van der Waals surface area contributed by atoms with Gasteiger partial charge in [0.1, 0.15) is 0 Å². The fraction of sp³-hybridized carbons (Fsp3) is 0.647. The minimum atomic E-state index is 0.591. The molecule has 20 heavy (non-hydrogen) atoms. The number of fused-ring (bicyclic) bond motifs is 1. The van der Waals surface area contributed by atoms with Gasteiger partial charge in [-0.2, -0.15) is 0 Å². The monoisotopic (exact) mass is 334 g/mol. The lowest BCUT2D eigenvalue weighted by Crippen LogP contribution is -2.29. The average molecular weight is 335 g/mol. The molecule has 3 aliphatic rings. The summed E-state index contributed by atoms with van der Waals surface area (Å²) in [4.78, 5) is 2.71. The molecule has 1 saturated heterocycles. The molecule has 3 heteroatoms. The third-order valence-electron chi connectivity index (χ3n) is 5.22. The van der Waals surface area contributed by atoms with Crippen molar-refractivity contribution in [1.29, 1.82) is 0 Å². The van der Waals surface area contributed by atoms with Gasteiger partial charge in [0, 0.05) is 23.1 Å². The number of hydrogen-bond donors (Lipinski definition) is 1. The van der Waals surface area contributed by atoms with Gasteiger partial charge in [-0.25, -0.2) is 0 Å². The van der Waals surface area contributed by atoms with Crippen molar-refractivity contribution >= 4 is 15.9 Å². The third kappa shape index (κ3) is 2.68. The largest absolute Gasteiger partial charge is 0.310 e. The maximum Gasteiger partial charge on any atom is 0.0326 e. The molecule has 2 atom stereocenters. The van der Waals surface area contributed by atoms with Crippen LogP contribution in [-0.4, -0.2) is 30.6 Å². The van der Waals surface area contributed by atoms with E-state index in [9.17, 15) is 0 Å². The summed E-state index contributed by atoms with van der Waals surface area (Å²) in [6.45, 7) is 3.87. The van der Waals surface area contributed by atoms with Crippen LogP contribution in [0.4, 0.5) is 0 Å². The zero-order valence-electron chi connectivity index (χ0n) is 11.9. The van der Waals surface area contributed by atoms with Crippen molar-refractivity contribution in [3.05, 3.63) is 33.8 Å². The van der Waals surface area contributed by atoms with Gasteiger partial charge in [0.2, 0.25) is 0 Å². The van der Waals surface area contributed by atoms with Crippen LogP contribution >= 0.6 is 15.9 Å². The zero-order valence-corrected chi connectivity index (χ0v) is 13.5. The van der Waals surface area contributed by atoms with Gasteiger partial charge in [0.05, 0.1) is 0 Å². The van der Waals surface area contributed by atoms with E-state index < -0.39 is 0 Å². The van der Waals surface area contributed by atoms with E-state index in [0.29, 0.717) is 6.04 Å². The van der Waals surface area contributed by atoms with Crippen molar-refractivity contribution in [1.82, 2.24) is 10.2 Å². The van der Waals surface area contributed by atoms with Crippen LogP contribution in [0.3, 0.4) is 0 Å². The molecule has 0 radical (unpaired) electrons. The van der Waals surface area contributed by atoms with E-state index in [4.69, 9.17) is 0 Å². The van der Waals surface area contributed by atoms with E-state index in [1.54, 1.807) is 0 Å². The lowest BCUT2D eigenvalue weighted by atomic mass is 10.1. The molecule has 0 aromatic heterocycles. The lowest BCUT2D eigenvalue weighted by molar-refractivity contribution is 0.309. The number of aryl methyl sites for hydroxylation is 1. The van der Waals surface area contributed by atoms with Gasteiger partial charge in [-0.05, 0) is 74.4 Å². The Balaban J connectivity index is 1.33. The van der Waals surface area contributed by atoms with Crippen molar-refractivity contribution in [2.75, 3.05) is 19.6 Å². The third-order valence-corrected chi connectivity index (χ3v) is 5.71. The minimum Gasteiger partial charge on any atom is -0.310 e. The van der Waals surface area contributed by atoms with Crippen molar-refractivity contribution in [3.63, 3.8) is 0 Å². The first-order valence-corrected chi connectivity index (χ1v) is 8.84. The highest BCUT2D eigenvalue weighted by molar-refractivity contribution is 9.10. The summed E-state index contributed by atoms with van der Waals surface area (Å²) >= 11 is 3.58. The highest BCUT2D eigenvalue weighted by Crippen LogP contribution is 2.34. The van der Waals surface area contributed by atoms with Gasteiger partial charge in [-0.3, -0.25) is 0 Å². The molecule has 2 fully saturated rings.